The van der Waals surface area contributed by atoms with E-state index in [1.165, 1.54) is 12.1 Å². The number of carbonyl (C=O) groups excluding carboxylic acids is 1. The van der Waals surface area contributed by atoms with E-state index in [2.05, 4.69) is 27.4 Å². The molecule has 1 amide bonds. The fraction of sp³-hybridized carbons (Fsp3) is 0.526. The SMILES string of the molecule is C=CC[C@@]1(c2ccc(F)cc2)CCN([C@@H](C)C(C)(C)C)C(=O)O1. The number of carbonyl (C=O) groups is 1. The molecular weight excluding hydrogens is 293 g/mol. The predicted octanol–water partition coefficient (Wildman–Crippen LogP) is 4.87. The van der Waals surface area contributed by atoms with Crippen molar-refractivity contribution < 1.29 is 13.9 Å². The minimum atomic E-state index is -0.749. The first kappa shape index (κ1) is 17.5. The number of hydrogen-bond acceptors (Lipinski definition) is 2. The molecule has 2 rings (SSSR count). The van der Waals surface area contributed by atoms with Crippen molar-refractivity contribution in [3.8, 4) is 0 Å². The monoisotopic (exact) mass is 319 g/mol. The number of amides is 1. The molecule has 1 aromatic carbocycles. The van der Waals surface area contributed by atoms with E-state index in [4.69, 9.17) is 4.74 Å². The van der Waals surface area contributed by atoms with Gasteiger partial charge in [0.1, 0.15) is 11.4 Å². The van der Waals surface area contributed by atoms with Crippen LogP contribution in [0.5, 0.6) is 0 Å². The summed E-state index contributed by atoms with van der Waals surface area (Å²) in [6.45, 7) is 12.8. The van der Waals surface area contributed by atoms with E-state index in [1.807, 2.05) is 6.92 Å². The van der Waals surface area contributed by atoms with E-state index < -0.39 is 5.60 Å². The molecule has 0 aromatic heterocycles. The van der Waals surface area contributed by atoms with E-state index in [1.54, 1.807) is 23.1 Å². The maximum Gasteiger partial charge on any atom is 0.410 e. The fourth-order valence-electron chi connectivity index (χ4n) is 2.94. The first-order valence-corrected chi connectivity index (χ1v) is 8.06. The second kappa shape index (κ2) is 6.34. The van der Waals surface area contributed by atoms with Gasteiger partial charge in [-0.25, -0.2) is 9.18 Å². The van der Waals surface area contributed by atoms with E-state index in [9.17, 15) is 9.18 Å². The summed E-state index contributed by atoms with van der Waals surface area (Å²) in [6, 6.07) is 6.25. The maximum atomic E-state index is 13.2. The fourth-order valence-corrected chi connectivity index (χ4v) is 2.94. The molecular formula is C19H26FNO2. The number of rotatable bonds is 4. The van der Waals surface area contributed by atoms with Gasteiger partial charge in [0.25, 0.3) is 0 Å². The summed E-state index contributed by atoms with van der Waals surface area (Å²) >= 11 is 0. The van der Waals surface area contributed by atoms with Crippen LogP contribution >= 0.6 is 0 Å². The highest BCUT2D eigenvalue weighted by atomic mass is 19.1. The highest BCUT2D eigenvalue weighted by molar-refractivity contribution is 5.70. The van der Waals surface area contributed by atoms with E-state index in [-0.39, 0.29) is 23.4 Å². The van der Waals surface area contributed by atoms with Gasteiger partial charge in [0.05, 0.1) is 0 Å². The topological polar surface area (TPSA) is 29.5 Å². The molecule has 4 heteroatoms. The normalized spacial score (nSPS) is 23.3. The number of halogens is 1. The average molecular weight is 319 g/mol. The standard InChI is InChI=1S/C19H26FNO2/c1-6-11-19(15-7-9-16(20)10-8-15)12-13-21(17(22)23-19)14(2)18(3,4)5/h6-10,14H,1,11-13H2,2-5H3/t14-,19-/m0/s1. The molecule has 0 bridgehead atoms. The van der Waals surface area contributed by atoms with Crippen molar-refractivity contribution in [1.29, 1.82) is 0 Å². The van der Waals surface area contributed by atoms with Gasteiger partial charge in [-0.05, 0) is 30.0 Å². The summed E-state index contributed by atoms with van der Waals surface area (Å²) in [4.78, 5) is 14.4. The summed E-state index contributed by atoms with van der Waals surface area (Å²) in [5.41, 5.74) is 0.0451. The van der Waals surface area contributed by atoms with E-state index in [0.29, 0.717) is 19.4 Å². The van der Waals surface area contributed by atoms with E-state index >= 15 is 0 Å². The predicted molar refractivity (Wildman–Crippen MR) is 89.6 cm³/mol. The molecule has 0 aliphatic carbocycles. The highest BCUT2D eigenvalue weighted by Crippen LogP contribution is 2.39. The Morgan fingerprint density at radius 2 is 2.00 bits per heavy atom. The van der Waals surface area contributed by atoms with Gasteiger partial charge in [0, 0.05) is 25.4 Å². The Kier molecular flexibility index (Phi) is 4.83. The number of benzene rings is 1. The number of cyclic esters (lactones) is 1. The molecule has 126 valence electrons. The number of nitrogens with zero attached hydrogens (tertiary/aromatic N) is 1. The Balaban J connectivity index is 2.27. The Labute approximate surface area is 138 Å². The average Bonchev–Trinajstić information content (AvgIpc) is 2.46. The van der Waals surface area contributed by atoms with Crippen molar-refractivity contribution in [3.63, 3.8) is 0 Å². The van der Waals surface area contributed by atoms with Crippen molar-refractivity contribution in [1.82, 2.24) is 4.90 Å². The molecule has 1 fully saturated rings. The lowest BCUT2D eigenvalue weighted by Crippen LogP contribution is -2.54. The molecule has 1 heterocycles. The highest BCUT2D eigenvalue weighted by Gasteiger charge is 2.44. The third-order valence-corrected chi connectivity index (χ3v) is 4.84. The summed E-state index contributed by atoms with van der Waals surface area (Å²) in [6.07, 6.45) is 2.61. The summed E-state index contributed by atoms with van der Waals surface area (Å²) in [7, 11) is 0. The third kappa shape index (κ3) is 3.57. The lowest BCUT2D eigenvalue weighted by molar-refractivity contribution is -0.0677. The molecule has 1 aliphatic rings. The van der Waals surface area contributed by atoms with Crippen LogP contribution in [0.1, 0.15) is 46.1 Å². The van der Waals surface area contributed by atoms with Crippen LogP contribution in [-0.2, 0) is 10.3 Å². The van der Waals surface area contributed by atoms with Crippen LogP contribution in [0.4, 0.5) is 9.18 Å². The summed E-state index contributed by atoms with van der Waals surface area (Å²) in [5, 5.41) is 0. The molecule has 0 N–H and O–H groups in total. The van der Waals surface area contributed by atoms with Crippen LogP contribution in [0.15, 0.2) is 36.9 Å². The van der Waals surface area contributed by atoms with Gasteiger partial charge < -0.3 is 9.64 Å². The molecule has 1 saturated heterocycles. The second-order valence-electron chi connectivity index (χ2n) is 7.35. The van der Waals surface area contributed by atoms with Crippen LogP contribution in [0.3, 0.4) is 0 Å². The van der Waals surface area contributed by atoms with Crippen molar-refractivity contribution in [2.75, 3.05) is 6.54 Å². The van der Waals surface area contributed by atoms with Gasteiger partial charge >= 0.3 is 6.09 Å². The van der Waals surface area contributed by atoms with Crippen LogP contribution < -0.4 is 0 Å². The Hall–Kier alpha value is -1.84. The molecule has 23 heavy (non-hydrogen) atoms. The molecule has 0 unspecified atom stereocenters. The van der Waals surface area contributed by atoms with Crippen molar-refractivity contribution in [3.05, 3.63) is 48.3 Å². The molecule has 0 spiro atoms. The minimum Gasteiger partial charge on any atom is -0.437 e. The van der Waals surface area contributed by atoms with Crippen molar-refractivity contribution in [2.45, 2.75) is 52.2 Å². The van der Waals surface area contributed by atoms with Crippen LogP contribution in [0.2, 0.25) is 0 Å². The molecule has 2 atom stereocenters. The zero-order valence-corrected chi connectivity index (χ0v) is 14.4. The van der Waals surface area contributed by atoms with Gasteiger partial charge in [-0.15, -0.1) is 6.58 Å². The second-order valence-corrected chi connectivity index (χ2v) is 7.35. The maximum absolute atomic E-state index is 13.2. The number of hydrogen-bond donors (Lipinski definition) is 0. The van der Waals surface area contributed by atoms with Gasteiger partial charge in [0.15, 0.2) is 0 Å². The first-order valence-electron chi connectivity index (χ1n) is 8.06. The van der Waals surface area contributed by atoms with Gasteiger partial charge in [-0.2, -0.15) is 0 Å². The third-order valence-electron chi connectivity index (χ3n) is 4.84. The van der Waals surface area contributed by atoms with E-state index in [0.717, 1.165) is 5.56 Å². The van der Waals surface area contributed by atoms with Crippen LogP contribution in [-0.4, -0.2) is 23.6 Å². The quantitative estimate of drug-likeness (QED) is 0.741. The summed E-state index contributed by atoms with van der Waals surface area (Å²) < 4.78 is 19.1. The zero-order valence-electron chi connectivity index (χ0n) is 14.4. The summed E-state index contributed by atoms with van der Waals surface area (Å²) in [5.74, 6) is -0.298. The molecule has 3 nitrogen and oxygen atoms in total. The van der Waals surface area contributed by atoms with Crippen LogP contribution in [0, 0.1) is 11.2 Å². The smallest absolute Gasteiger partial charge is 0.410 e. The van der Waals surface area contributed by atoms with Gasteiger partial charge in [-0.3, -0.25) is 0 Å². The lowest BCUT2D eigenvalue weighted by Gasteiger charge is -2.46. The Bertz CT molecular complexity index is 576. The Morgan fingerprint density at radius 1 is 1.39 bits per heavy atom. The first-order chi connectivity index (χ1) is 10.7. The zero-order chi connectivity index (χ0) is 17.3. The molecule has 0 saturated carbocycles. The molecule has 1 aliphatic heterocycles. The largest absolute Gasteiger partial charge is 0.437 e. The van der Waals surface area contributed by atoms with Gasteiger partial charge in [-0.1, -0.05) is 39.0 Å². The molecule has 0 radical (unpaired) electrons. The van der Waals surface area contributed by atoms with Crippen molar-refractivity contribution in [2.24, 2.45) is 5.41 Å². The van der Waals surface area contributed by atoms with Crippen molar-refractivity contribution >= 4 is 6.09 Å². The Morgan fingerprint density at radius 3 is 2.48 bits per heavy atom. The minimum absolute atomic E-state index is 0.0205. The molecule has 1 aromatic rings. The van der Waals surface area contributed by atoms with Gasteiger partial charge in [0.2, 0.25) is 0 Å². The number of ether oxygens (including phenoxy) is 1. The van der Waals surface area contributed by atoms with Crippen LogP contribution in [0.25, 0.3) is 0 Å². The lowest BCUT2D eigenvalue weighted by atomic mass is 9.83.